The van der Waals surface area contributed by atoms with Crippen LogP contribution in [0.3, 0.4) is 0 Å². The van der Waals surface area contributed by atoms with Gasteiger partial charge in [-0.05, 0) is 18.2 Å². The lowest BCUT2D eigenvalue weighted by atomic mass is 10.2. The van der Waals surface area contributed by atoms with Gasteiger partial charge in [-0.15, -0.1) is 0 Å². The Labute approximate surface area is 108 Å². The number of hydrogen-bond acceptors (Lipinski definition) is 5. The Hall–Kier alpha value is -2.21. The molecule has 0 bridgehead atoms. The van der Waals surface area contributed by atoms with Crippen LogP contribution in [0, 0.1) is 5.82 Å². The number of benzene rings is 1. The molecule has 1 aromatic heterocycles. The standard InChI is InChI=1S/C13H12FNO4/c1-17-8-11-5-10(15-19-11)7-18-13-3-2-9(6-16)4-12(13)14/h2-6H,7-8H2,1H3. The maximum atomic E-state index is 13.5. The van der Waals surface area contributed by atoms with E-state index in [-0.39, 0.29) is 17.9 Å². The molecule has 0 aliphatic carbocycles. The summed E-state index contributed by atoms with van der Waals surface area (Å²) in [5, 5.41) is 3.75. The van der Waals surface area contributed by atoms with Crippen LogP contribution in [-0.4, -0.2) is 18.6 Å². The summed E-state index contributed by atoms with van der Waals surface area (Å²) in [6.07, 6.45) is 0.571. The van der Waals surface area contributed by atoms with Gasteiger partial charge in [0.15, 0.2) is 17.3 Å². The zero-order valence-corrected chi connectivity index (χ0v) is 10.3. The Morgan fingerprint density at radius 2 is 2.21 bits per heavy atom. The van der Waals surface area contributed by atoms with Gasteiger partial charge in [0, 0.05) is 18.7 Å². The Kier molecular flexibility index (Phi) is 4.25. The van der Waals surface area contributed by atoms with E-state index in [1.54, 1.807) is 13.2 Å². The highest BCUT2D eigenvalue weighted by atomic mass is 19.1. The van der Waals surface area contributed by atoms with Gasteiger partial charge in [0.25, 0.3) is 0 Å². The average molecular weight is 265 g/mol. The van der Waals surface area contributed by atoms with Crippen LogP contribution in [-0.2, 0) is 18.0 Å². The first-order valence-corrected chi connectivity index (χ1v) is 5.54. The van der Waals surface area contributed by atoms with Gasteiger partial charge in [0.2, 0.25) is 0 Å². The van der Waals surface area contributed by atoms with Crippen molar-refractivity contribution in [1.29, 1.82) is 0 Å². The van der Waals surface area contributed by atoms with Crippen molar-refractivity contribution in [3.63, 3.8) is 0 Å². The van der Waals surface area contributed by atoms with Crippen LogP contribution in [0.15, 0.2) is 28.8 Å². The van der Waals surface area contributed by atoms with Crippen molar-refractivity contribution in [1.82, 2.24) is 5.16 Å². The molecule has 0 saturated heterocycles. The topological polar surface area (TPSA) is 61.6 Å². The molecule has 1 aromatic carbocycles. The zero-order chi connectivity index (χ0) is 13.7. The fraction of sp³-hybridized carbons (Fsp3) is 0.231. The lowest BCUT2D eigenvalue weighted by molar-refractivity contribution is 0.112. The number of halogens is 1. The molecule has 2 aromatic rings. The second kappa shape index (κ2) is 6.10. The second-order valence-corrected chi connectivity index (χ2v) is 3.81. The fourth-order valence-electron chi connectivity index (χ4n) is 1.49. The van der Waals surface area contributed by atoms with Crippen LogP contribution >= 0.6 is 0 Å². The van der Waals surface area contributed by atoms with Gasteiger partial charge in [0.05, 0.1) is 0 Å². The molecule has 0 unspecified atom stereocenters. The quantitative estimate of drug-likeness (QED) is 0.750. The van der Waals surface area contributed by atoms with Crippen molar-refractivity contribution in [3.05, 3.63) is 47.1 Å². The van der Waals surface area contributed by atoms with Gasteiger partial charge in [-0.25, -0.2) is 4.39 Å². The molecular formula is C13H12FNO4. The monoisotopic (exact) mass is 265 g/mol. The van der Waals surface area contributed by atoms with E-state index >= 15 is 0 Å². The van der Waals surface area contributed by atoms with Crippen molar-refractivity contribution in [2.24, 2.45) is 0 Å². The maximum Gasteiger partial charge on any atom is 0.165 e. The molecule has 5 nitrogen and oxygen atoms in total. The Balaban J connectivity index is 1.99. The van der Waals surface area contributed by atoms with Crippen LogP contribution in [0.25, 0.3) is 0 Å². The highest BCUT2D eigenvalue weighted by molar-refractivity contribution is 5.74. The van der Waals surface area contributed by atoms with Crippen LogP contribution in [0.1, 0.15) is 21.8 Å². The minimum Gasteiger partial charge on any atom is -0.484 e. The third kappa shape index (κ3) is 3.38. The van der Waals surface area contributed by atoms with Crippen LogP contribution in [0.2, 0.25) is 0 Å². The van der Waals surface area contributed by atoms with Crippen LogP contribution in [0.5, 0.6) is 5.75 Å². The zero-order valence-electron chi connectivity index (χ0n) is 10.3. The predicted octanol–water partition coefficient (Wildman–Crippen LogP) is 2.35. The first-order valence-electron chi connectivity index (χ1n) is 5.54. The number of methoxy groups -OCH3 is 1. The maximum absolute atomic E-state index is 13.5. The summed E-state index contributed by atoms with van der Waals surface area (Å²) in [6.45, 7) is 0.389. The summed E-state index contributed by atoms with van der Waals surface area (Å²) in [4.78, 5) is 10.5. The van der Waals surface area contributed by atoms with E-state index < -0.39 is 5.82 Å². The number of hydrogen-bond donors (Lipinski definition) is 0. The third-order valence-corrected chi connectivity index (χ3v) is 2.36. The summed E-state index contributed by atoms with van der Waals surface area (Å²) in [5.41, 5.74) is 0.791. The van der Waals surface area contributed by atoms with E-state index in [0.29, 0.717) is 24.3 Å². The smallest absolute Gasteiger partial charge is 0.165 e. The molecule has 0 saturated carbocycles. The molecule has 0 radical (unpaired) electrons. The van der Waals surface area contributed by atoms with E-state index in [2.05, 4.69) is 5.16 Å². The van der Waals surface area contributed by atoms with Gasteiger partial charge < -0.3 is 14.0 Å². The van der Waals surface area contributed by atoms with Gasteiger partial charge in [0.1, 0.15) is 25.2 Å². The van der Waals surface area contributed by atoms with Crippen molar-refractivity contribution < 1.29 is 23.2 Å². The SMILES string of the molecule is COCc1cc(COc2ccc(C=O)cc2F)no1. The fourth-order valence-corrected chi connectivity index (χ4v) is 1.49. The molecule has 0 N–H and O–H groups in total. The number of carbonyl (C=O) groups is 1. The first-order chi connectivity index (χ1) is 9.22. The highest BCUT2D eigenvalue weighted by Crippen LogP contribution is 2.19. The van der Waals surface area contributed by atoms with E-state index in [0.717, 1.165) is 6.07 Å². The number of aromatic nitrogens is 1. The summed E-state index contributed by atoms with van der Waals surface area (Å²) in [5.74, 6) is 0.0324. The highest BCUT2D eigenvalue weighted by Gasteiger charge is 2.08. The number of nitrogens with zero attached hydrogens (tertiary/aromatic N) is 1. The molecule has 1 heterocycles. The molecule has 2 rings (SSSR count). The largest absolute Gasteiger partial charge is 0.484 e. The summed E-state index contributed by atoms with van der Waals surface area (Å²) in [7, 11) is 1.54. The summed E-state index contributed by atoms with van der Waals surface area (Å²) >= 11 is 0. The minimum atomic E-state index is -0.592. The lowest BCUT2D eigenvalue weighted by Crippen LogP contribution is -1.98. The van der Waals surface area contributed by atoms with Crippen molar-refractivity contribution in [3.8, 4) is 5.75 Å². The van der Waals surface area contributed by atoms with E-state index in [9.17, 15) is 9.18 Å². The Morgan fingerprint density at radius 3 is 2.89 bits per heavy atom. The van der Waals surface area contributed by atoms with E-state index in [1.165, 1.54) is 12.1 Å². The number of carbonyl (C=O) groups excluding carboxylic acids is 1. The summed E-state index contributed by atoms with van der Waals surface area (Å²) in [6, 6.07) is 5.66. The van der Waals surface area contributed by atoms with E-state index in [4.69, 9.17) is 14.0 Å². The van der Waals surface area contributed by atoms with Gasteiger partial charge >= 0.3 is 0 Å². The molecular weight excluding hydrogens is 253 g/mol. The molecule has 100 valence electrons. The molecule has 0 aliphatic heterocycles. The molecule has 19 heavy (non-hydrogen) atoms. The molecule has 0 spiro atoms. The summed E-state index contributed by atoms with van der Waals surface area (Å²) < 4.78 is 28.6. The average Bonchev–Trinajstić information content (AvgIpc) is 2.85. The molecule has 0 atom stereocenters. The van der Waals surface area contributed by atoms with Gasteiger partial charge in [-0.2, -0.15) is 0 Å². The molecule has 0 amide bonds. The van der Waals surface area contributed by atoms with E-state index in [1.807, 2.05) is 0 Å². The van der Waals surface area contributed by atoms with Crippen LogP contribution in [0.4, 0.5) is 4.39 Å². The van der Waals surface area contributed by atoms with Gasteiger partial charge in [-0.1, -0.05) is 5.16 Å². The molecule has 6 heteroatoms. The number of aldehydes is 1. The Bertz CT molecular complexity index is 568. The normalized spacial score (nSPS) is 10.4. The number of rotatable bonds is 6. The van der Waals surface area contributed by atoms with Crippen molar-refractivity contribution in [2.45, 2.75) is 13.2 Å². The minimum absolute atomic E-state index is 0.0573. The van der Waals surface area contributed by atoms with Gasteiger partial charge in [-0.3, -0.25) is 4.79 Å². The first kappa shape index (κ1) is 13.2. The van der Waals surface area contributed by atoms with Crippen LogP contribution < -0.4 is 4.74 Å². The predicted molar refractivity (Wildman–Crippen MR) is 63.3 cm³/mol. The molecule has 0 aliphatic rings. The van der Waals surface area contributed by atoms with Crippen molar-refractivity contribution in [2.75, 3.05) is 7.11 Å². The third-order valence-electron chi connectivity index (χ3n) is 2.36. The molecule has 0 fully saturated rings. The number of ether oxygens (including phenoxy) is 2. The second-order valence-electron chi connectivity index (χ2n) is 3.81. The Morgan fingerprint density at radius 1 is 1.37 bits per heavy atom. The van der Waals surface area contributed by atoms with Crippen molar-refractivity contribution >= 4 is 6.29 Å². The lowest BCUT2D eigenvalue weighted by Gasteiger charge is -2.05.